The molecule has 19 heavy (non-hydrogen) atoms. The molecule has 0 aliphatic rings. The van der Waals surface area contributed by atoms with E-state index in [1.807, 2.05) is 13.8 Å². The number of nitrogens with one attached hydrogen (secondary N) is 1. The minimum atomic E-state index is -0.294. The van der Waals surface area contributed by atoms with Crippen molar-refractivity contribution in [1.29, 1.82) is 0 Å². The van der Waals surface area contributed by atoms with Crippen LogP contribution in [0, 0.1) is 5.82 Å². The van der Waals surface area contributed by atoms with Gasteiger partial charge >= 0.3 is 0 Å². The molecule has 3 nitrogen and oxygen atoms in total. The lowest BCUT2D eigenvalue weighted by molar-refractivity contribution is 0.0770. The molecule has 0 spiro atoms. The van der Waals surface area contributed by atoms with Crippen LogP contribution in [0.25, 0.3) is 0 Å². The summed E-state index contributed by atoms with van der Waals surface area (Å²) in [5.74, 6) is 0.238. The second kappa shape index (κ2) is 9.28. The molecule has 0 bridgehead atoms. The Labute approximate surface area is 122 Å². The zero-order valence-electron chi connectivity index (χ0n) is 11.4. The van der Waals surface area contributed by atoms with Gasteiger partial charge in [0.2, 0.25) is 0 Å². The topological polar surface area (TPSA) is 30.5 Å². The Morgan fingerprint density at radius 1 is 1.26 bits per heavy atom. The van der Waals surface area contributed by atoms with Gasteiger partial charge in [-0.15, -0.1) is 0 Å². The molecule has 1 rings (SSSR count). The van der Waals surface area contributed by atoms with Crippen LogP contribution in [-0.4, -0.2) is 32.4 Å². The van der Waals surface area contributed by atoms with E-state index in [2.05, 4.69) is 21.2 Å². The first kappa shape index (κ1) is 16.4. The second-order valence-corrected chi connectivity index (χ2v) is 5.30. The average molecular weight is 334 g/mol. The predicted molar refractivity (Wildman–Crippen MR) is 78.2 cm³/mol. The fraction of sp³-hybridized carbons (Fsp3) is 0.571. The third kappa shape index (κ3) is 7.50. The minimum absolute atomic E-state index is 0.286. The van der Waals surface area contributed by atoms with E-state index >= 15 is 0 Å². The van der Waals surface area contributed by atoms with Gasteiger partial charge in [0.15, 0.2) is 0 Å². The van der Waals surface area contributed by atoms with E-state index in [4.69, 9.17) is 9.47 Å². The van der Waals surface area contributed by atoms with Crippen LogP contribution >= 0.6 is 15.9 Å². The molecule has 0 unspecified atom stereocenters. The molecule has 0 fully saturated rings. The smallest absolute Gasteiger partial charge is 0.136 e. The van der Waals surface area contributed by atoms with Crippen molar-refractivity contribution in [2.24, 2.45) is 0 Å². The van der Waals surface area contributed by atoms with E-state index in [1.54, 1.807) is 6.07 Å². The van der Waals surface area contributed by atoms with Crippen molar-refractivity contribution in [3.05, 3.63) is 28.5 Å². The first-order chi connectivity index (χ1) is 9.09. The third-order valence-corrected chi connectivity index (χ3v) is 3.03. The van der Waals surface area contributed by atoms with Gasteiger partial charge in [-0.25, -0.2) is 4.39 Å². The third-order valence-electron chi connectivity index (χ3n) is 2.38. The second-order valence-electron chi connectivity index (χ2n) is 4.45. The average Bonchev–Trinajstić information content (AvgIpc) is 2.36. The molecule has 0 heterocycles. The largest absolute Gasteiger partial charge is 0.491 e. The normalized spacial score (nSPS) is 11.0. The molecule has 0 atom stereocenters. The molecule has 1 N–H and O–H groups in total. The van der Waals surface area contributed by atoms with E-state index in [1.165, 1.54) is 12.1 Å². The van der Waals surface area contributed by atoms with Crippen LogP contribution in [0.3, 0.4) is 0 Å². The quantitative estimate of drug-likeness (QED) is 0.703. The van der Waals surface area contributed by atoms with Gasteiger partial charge < -0.3 is 14.8 Å². The van der Waals surface area contributed by atoms with Crippen LogP contribution in [0.15, 0.2) is 22.7 Å². The van der Waals surface area contributed by atoms with Crippen molar-refractivity contribution in [3.63, 3.8) is 0 Å². The highest BCUT2D eigenvalue weighted by molar-refractivity contribution is 9.10. The number of hydrogen-bond donors (Lipinski definition) is 1. The monoisotopic (exact) mass is 333 g/mol. The van der Waals surface area contributed by atoms with E-state index in [0.717, 1.165) is 30.6 Å². The number of rotatable bonds is 9. The summed E-state index contributed by atoms with van der Waals surface area (Å²) in [6.45, 7) is 6.94. The number of ether oxygens (including phenoxy) is 2. The summed E-state index contributed by atoms with van der Waals surface area (Å²) in [7, 11) is 0. The first-order valence-corrected chi connectivity index (χ1v) is 7.29. The number of benzene rings is 1. The van der Waals surface area contributed by atoms with Crippen molar-refractivity contribution < 1.29 is 13.9 Å². The van der Waals surface area contributed by atoms with Crippen molar-refractivity contribution in [2.75, 3.05) is 26.3 Å². The molecular weight excluding hydrogens is 313 g/mol. The highest BCUT2D eigenvalue weighted by Crippen LogP contribution is 2.25. The van der Waals surface area contributed by atoms with Gasteiger partial charge in [-0.2, -0.15) is 0 Å². The maximum absolute atomic E-state index is 13.0. The molecule has 0 saturated heterocycles. The lowest BCUT2D eigenvalue weighted by atomic mass is 10.3. The standard InChI is InChI=1S/C14H21BrFNO2/c1-11(2)18-8-3-6-17-7-9-19-14-10-12(16)4-5-13(14)15/h4-5,10-11,17H,3,6-9H2,1-2H3. The zero-order valence-corrected chi connectivity index (χ0v) is 13.0. The summed E-state index contributed by atoms with van der Waals surface area (Å²) >= 11 is 3.32. The predicted octanol–water partition coefficient (Wildman–Crippen LogP) is 3.37. The van der Waals surface area contributed by atoms with E-state index in [-0.39, 0.29) is 11.9 Å². The molecule has 0 aromatic heterocycles. The molecule has 0 amide bonds. The molecule has 108 valence electrons. The molecule has 0 saturated carbocycles. The minimum Gasteiger partial charge on any atom is -0.491 e. The summed E-state index contributed by atoms with van der Waals surface area (Å²) in [6.07, 6.45) is 1.26. The van der Waals surface area contributed by atoms with Crippen LogP contribution in [0.1, 0.15) is 20.3 Å². The fourth-order valence-electron chi connectivity index (χ4n) is 1.46. The molecule has 1 aromatic rings. The van der Waals surface area contributed by atoms with Crippen molar-refractivity contribution >= 4 is 15.9 Å². The van der Waals surface area contributed by atoms with E-state index in [9.17, 15) is 4.39 Å². The van der Waals surface area contributed by atoms with Crippen LogP contribution in [-0.2, 0) is 4.74 Å². The van der Waals surface area contributed by atoms with Gasteiger partial charge in [0.25, 0.3) is 0 Å². The summed E-state index contributed by atoms with van der Waals surface area (Å²) in [6, 6.07) is 4.41. The Hall–Kier alpha value is -0.650. The first-order valence-electron chi connectivity index (χ1n) is 6.49. The van der Waals surface area contributed by atoms with Crippen LogP contribution < -0.4 is 10.1 Å². The summed E-state index contributed by atoms with van der Waals surface area (Å²) in [4.78, 5) is 0. The lowest BCUT2D eigenvalue weighted by Gasteiger charge is -2.10. The van der Waals surface area contributed by atoms with Gasteiger partial charge in [0.1, 0.15) is 18.2 Å². The van der Waals surface area contributed by atoms with Crippen LogP contribution in [0.4, 0.5) is 4.39 Å². The SMILES string of the molecule is CC(C)OCCCNCCOc1cc(F)ccc1Br. The summed E-state index contributed by atoms with van der Waals surface area (Å²) < 4.78 is 24.7. The number of halogens is 2. The molecular formula is C14H21BrFNO2. The summed E-state index contributed by atoms with van der Waals surface area (Å²) in [5.41, 5.74) is 0. The molecule has 0 aliphatic carbocycles. The Balaban J connectivity index is 2.06. The van der Waals surface area contributed by atoms with E-state index < -0.39 is 0 Å². The maximum Gasteiger partial charge on any atom is 0.136 e. The molecule has 0 radical (unpaired) electrons. The fourth-order valence-corrected chi connectivity index (χ4v) is 1.82. The Kier molecular flexibility index (Phi) is 8.02. The van der Waals surface area contributed by atoms with Crippen molar-refractivity contribution in [3.8, 4) is 5.75 Å². The summed E-state index contributed by atoms with van der Waals surface area (Å²) in [5, 5.41) is 3.25. The highest BCUT2D eigenvalue weighted by Gasteiger charge is 2.02. The molecule has 0 aliphatic heterocycles. The van der Waals surface area contributed by atoms with Gasteiger partial charge in [-0.3, -0.25) is 0 Å². The highest BCUT2D eigenvalue weighted by atomic mass is 79.9. The van der Waals surface area contributed by atoms with Crippen molar-refractivity contribution in [1.82, 2.24) is 5.32 Å². The van der Waals surface area contributed by atoms with Crippen LogP contribution in [0.5, 0.6) is 5.75 Å². The van der Waals surface area contributed by atoms with Gasteiger partial charge in [-0.1, -0.05) is 0 Å². The van der Waals surface area contributed by atoms with Gasteiger partial charge in [0.05, 0.1) is 10.6 Å². The Morgan fingerprint density at radius 2 is 2.05 bits per heavy atom. The van der Waals surface area contributed by atoms with Gasteiger partial charge in [-0.05, 0) is 54.9 Å². The maximum atomic E-state index is 13.0. The molecule has 5 heteroatoms. The van der Waals surface area contributed by atoms with E-state index in [0.29, 0.717) is 12.4 Å². The zero-order chi connectivity index (χ0) is 14.1. The van der Waals surface area contributed by atoms with Crippen LogP contribution in [0.2, 0.25) is 0 Å². The lowest BCUT2D eigenvalue weighted by Crippen LogP contribution is -2.23. The van der Waals surface area contributed by atoms with Crippen molar-refractivity contribution in [2.45, 2.75) is 26.4 Å². The van der Waals surface area contributed by atoms with Gasteiger partial charge in [0, 0.05) is 19.2 Å². The molecule has 1 aromatic carbocycles. The Morgan fingerprint density at radius 3 is 2.79 bits per heavy atom. The Bertz CT molecular complexity index is 374. The number of hydrogen-bond acceptors (Lipinski definition) is 3.